The Labute approximate surface area is 84.7 Å². The van der Waals surface area contributed by atoms with Crippen LogP contribution in [-0.2, 0) is 0 Å². The number of halogens is 4. The molecule has 5 heteroatoms. The van der Waals surface area contributed by atoms with Crippen molar-refractivity contribution in [2.75, 3.05) is 0 Å². The lowest BCUT2D eigenvalue weighted by Crippen LogP contribution is -2.11. The van der Waals surface area contributed by atoms with Crippen molar-refractivity contribution in [2.45, 2.75) is 26.9 Å². The lowest BCUT2D eigenvalue weighted by atomic mass is 10.2. The van der Waals surface area contributed by atoms with Crippen molar-refractivity contribution in [1.29, 1.82) is 0 Å². The molecule has 1 aromatic rings. The van der Waals surface area contributed by atoms with Gasteiger partial charge in [-0.25, -0.2) is 13.2 Å². The van der Waals surface area contributed by atoms with Crippen molar-refractivity contribution < 1.29 is 22.3 Å². The van der Waals surface area contributed by atoms with Gasteiger partial charge in [0.25, 0.3) is 0 Å². The highest BCUT2D eigenvalue weighted by molar-refractivity contribution is 5.36. The molecule has 0 atom stereocenters. The maximum Gasteiger partial charge on any atom is 0.204 e. The molecule has 0 radical (unpaired) electrons. The first-order valence-electron chi connectivity index (χ1n) is 4.35. The Bertz CT molecular complexity index is 358. The van der Waals surface area contributed by atoms with Crippen molar-refractivity contribution >= 4 is 0 Å². The quantitative estimate of drug-likeness (QED) is 0.423. The summed E-state index contributed by atoms with van der Waals surface area (Å²) in [6.07, 6.45) is -0.456. The second-order valence-electron chi connectivity index (χ2n) is 3.38. The third kappa shape index (κ3) is 2.06. The topological polar surface area (TPSA) is 9.23 Å². The van der Waals surface area contributed by atoms with Crippen LogP contribution < -0.4 is 4.74 Å². The van der Waals surface area contributed by atoms with E-state index in [1.807, 2.05) is 0 Å². The Morgan fingerprint density at radius 3 is 1.80 bits per heavy atom. The molecule has 1 aromatic carbocycles. The smallest absolute Gasteiger partial charge is 0.204 e. The summed E-state index contributed by atoms with van der Waals surface area (Å²) in [6.45, 7) is 4.26. The zero-order valence-electron chi connectivity index (χ0n) is 8.50. The molecule has 15 heavy (non-hydrogen) atoms. The molecule has 0 aliphatic carbocycles. The highest BCUT2D eigenvalue weighted by Gasteiger charge is 2.24. The van der Waals surface area contributed by atoms with Gasteiger partial charge in [-0.1, -0.05) is 0 Å². The Morgan fingerprint density at radius 1 is 0.867 bits per heavy atom. The van der Waals surface area contributed by atoms with Gasteiger partial charge in [-0.05, 0) is 20.8 Å². The minimum Gasteiger partial charge on any atom is -0.487 e. The van der Waals surface area contributed by atoms with Gasteiger partial charge in [0.05, 0.1) is 6.10 Å². The summed E-state index contributed by atoms with van der Waals surface area (Å²) in [5.74, 6) is -7.18. The number of ether oxygens (including phenoxy) is 1. The molecule has 0 heterocycles. The van der Waals surface area contributed by atoms with Crippen molar-refractivity contribution in [2.24, 2.45) is 0 Å². The summed E-state index contributed by atoms with van der Waals surface area (Å²) in [4.78, 5) is 0. The van der Waals surface area contributed by atoms with Gasteiger partial charge in [-0.2, -0.15) is 4.39 Å². The molecule has 0 amide bonds. The third-order valence-corrected chi connectivity index (χ3v) is 1.80. The monoisotopic (exact) mass is 222 g/mol. The molecule has 0 aliphatic rings. The van der Waals surface area contributed by atoms with E-state index < -0.39 is 35.1 Å². The maximum atomic E-state index is 13.2. The van der Waals surface area contributed by atoms with Crippen molar-refractivity contribution in [3.63, 3.8) is 0 Å². The van der Waals surface area contributed by atoms with Crippen molar-refractivity contribution in [1.82, 2.24) is 0 Å². The molecule has 0 saturated heterocycles. The van der Waals surface area contributed by atoms with Gasteiger partial charge in [-0.15, -0.1) is 0 Å². The fraction of sp³-hybridized carbons (Fsp3) is 0.400. The average molecular weight is 222 g/mol. The summed E-state index contributed by atoms with van der Waals surface area (Å²) in [5, 5.41) is 0. The van der Waals surface area contributed by atoms with Gasteiger partial charge < -0.3 is 4.74 Å². The molecule has 1 nitrogen and oxygen atoms in total. The molecule has 0 bridgehead atoms. The molecule has 84 valence electrons. The lowest BCUT2D eigenvalue weighted by molar-refractivity contribution is 0.221. The van der Waals surface area contributed by atoms with Crippen LogP contribution in [0.5, 0.6) is 5.75 Å². The van der Waals surface area contributed by atoms with E-state index in [0.717, 1.165) is 6.92 Å². The first-order valence-corrected chi connectivity index (χ1v) is 4.35. The molecule has 0 unspecified atom stereocenters. The van der Waals surface area contributed by atoms with E-state index in [1.165, 1.54) is 0 Å². The molecule has 0 saturated carbocycles. The Morgan fingerprint density at radius 2 is 1.33 bits per heavy atom. The normalized spacial score (nSPS) is 10.9. The molecular formula is C10H10F4O. The van der Waals surface area contributed by atoms with Crippen LogP contribution in [0.1, 0.15) is 19.4 Å². The van der Waals surface area contributed by atoms with Crippen LogP contribution in [0.15, 0.2) is 0 Å². The molecule has 0 N–H and O–H groups in total. The third-order valence-electron chi connectivity index (χ3n) is 1.80. The molecule has 0 aromatic heterocycles. The number of hydrogen-bond acceptors (Lipinski definition) is 1. The van der Waals surface area contributed by atoms with E-state index in [0.29, 0.717) is 0 Å². The SMILES string of the molecule is Cc1c(F)c(F)c(F)c(F)c1OC(C)C. The number of rotatable bonds is 2. The van der Waals surface area contributed by atoms with Crippen LogP contribution in [0.25, 0.3) is 0 Å². The molecular weight excluding hydrogens is 212 g/mol. The predicted molar refractivity (Wildman–Crippen MR) is 46.8 cm³/mol. The van der Waals surface area contributed by atoms with Gasteiger partial charge in [0, 0.05) is 5.56 Å². The summed E-state index contributed by atoms with van der Waals surface area (Å²) < 4.78 is 56.6. The minimum absolute atomic E-state index is 0.375. The van der Waals surface area contributed by atoms with E-state index >= 15 is 0 Å². The predicted octanol–water partition coefficient (Wildman–Crippen LogP) is 3.34. The zero-order chi connectivity index (χ0) is 11.7. The molecule has 1 rings (SSSR count). The van der Waals surface area contributed by atoms with Gasteiger partial charge >= 0.3 is 0 Å². The summed E-state index contributed by atoms with van der Waals surface area (Å²) in [7, 11) is 0. The van der Waals surface area contributed by atoms with Crippen LogP contribution >= 0.6 is 0 Å². The van der Waals surface area contributed by atoms with E-state index in [9.17, 15) is 17.6 Å². The van der Waals surface area contributed by atoms with Crippen LogP contribution in [0.4, 0.5) is 17.6 Å². The van der Waals surface area contributed by atoms with Crippen molar-refractivity contribution in [3.05, 3.63) is 28.8 Å². The Hall–Kier alpha value is -1.26. The van der Waals surface area contributed by atoms with Crippen LogP contribution in [0.2, 0.25) is 0 Å². The average Bonchev–Trinajstić information content (AvgIpc) is 2.18. The van der Waals surface area contributed by atoms with Crippen molar-refractivity contribution in [3.8, 4) is 5.75 Å². The standard InChI is InChI=1S/C10H10F4O/c1-4(2)15-10-5(3)6(11)7(12)8(13)9(10)14/h4H,1-3H3. The second-order valence-corrected chi connectivity index (χ2v) is 3.38. The van der Waals surface area contributed by atoms with E-state index in [1.54, 1.807) is 13.8 Å². The molecule has 0 spiro atoms. The lowest BCUT2D eigenvalue weighted by Gasteiger charge is -2.14. The molecule has 0 aliphatic heterocycles. The highest BCUT2D eigenvalue weighted by atomic mass is 19.2. The van der Waals surface area contributed by atoms with Crippen LogP contribution in [0, 0.1) is 30.2 Å². The van der Waals surface area contributed by atoms with E-state index in [4.69, 9.17) is 4.74 Å². The van der Waals surface area contributed by atoms with E-state index in [-0.39, 0.29) is 5.56 Å². The first-order chi connectivity index (χ1) is 6.86. The van der Waals surface area contributed by atoms with Gasteiger partial charge in [0.2, 0.25) is 11.6 Å². The summed E-state index contributed by atoms with van der Waals surface area (Å²) >= 11 is 0. The summed E-state index contributed by atoms with van der Waals surface area (Å²) in [5.41, 5.74) is -0.375. The number of benzene rings is 1. The van der Waals surface area contributed by atoms with Gasteiger partial charge in [-0.3, -0.25) is 0 Å². The second kappa shape index (κ2) is 4.08. The fourth-order valence-electron chi connectivity index (χ4n) is 1.10. The summed E-state index contributed by atoms with van der Waals surface area (Å²) in [6, 6.07) is 0. The van der Waals surface area contributed by atoms with Gasteiger partial charge in [0.15, 0.2) is 17.4 Å². The maximum absolute atomic E-state index is 13.2. The van der Waals surface area contributed by atoms with Gasteiger partial charge in [0.1, 0.15) is 0 Å². The van der Waals surface area contributed by atoms with Crippen LogP contribution in [-0.4, -0.2) is 6.10 Å². The Kier molecular flexibility index (Phi) is 3.21. The highest BCUT2D eigenvalue weighted by Crippen LogP contribution is 2.30. The van der Waals surface area contributed by atoms with E-state index in [2.05, 4.69) is 0 Å². The van der Waals surface area contributed by atoms with Crippen LogP contribution in [0.3, 0.4) is 0 Å². The zero-order valence-corrected chi connectivity index (χ0v) is 8.50. The fourth-order valence-corrected chi connectivity index (χ4v) is 1.10. The largest absolute Gasteiger partial charge is 0.487 e. The first kappa shape index (κ1) is 11.8. The Balaban J connectivity index is 3.39. The minimum atomic E-state index is -1.85. The number of hydrogen-bond donors (Lipinski definition) is 0. The molecule has 0 fully saturated rings.